The first-order valence-corrected chi connectivity index (χ1v) is 18.8. The number of H-pyrrole nitrogens is 2. The molecule has 0 radical (unpaired) electrons. The van der Waals surface area contributed by atoms with E-state index in [2.05, 4.69) is 37.4 Å². The van der Waals surface area contributed by atoms with Gasteiger partial charge in [-0.05, 0) is 80.0 Å². The number of alkyl carbamates (subject to hydrolysis) is 2. The van der Waals surface area contributed by atoms with Crippen LogP contribution in [0, 0.1) is 11.8 Å². The Morgan fingerprint density at radius 3 is 2.38 bits per heavy atom. The number of benzene rings is 3. The molecule has 1 unspecified atom stereocenters. The third-order valence-electron chi connectivity index (χ3n) is 11.0. The van der Waals surface area contributed by atoms with E-state index >= 15 is 0 Å². The van der Waals surface area contributed by atoms with Crippen LogP contribution >= 0.6 is 0 Å². The zero-order valence-corrected chi connectivity index (χ0v) is 31.1. The molecule has 0 bridgehead atoms. The lowest BCUT2D eigenvalue weighted by molar-refractivity contribution is -0.139. The standard InChI is InChI=1S/C42H42N8O6/c1-55-41(53)47-31-20-17-29-18-21-35(50(29)39(31)51)37-43-24-33(46-37)27-15-12-25(13-16-27)10-11-26-14-19-30-32(23-26)45-38(44-30)34-9-6-22-49(34)40(52)36(48-42(54)56-2)28-7-4-3-5-8-28/h3-5,7-8,12-16,19,23-24,29,31,34-36H,6,9,17-18,20-22H2,1-2H3,(H,43,46)(H,44,45)(H,47,53)(H,48,54)/t29-,31-,34?,35-,36+/m0/s1. The fourth-order valence-electron chi connectivity index (χ4n) is 8.15. The van der Waals surface area contributed by atoms with E-state index in [-0.39, 0.29) is 29.9 Å². The second-order valence-corrected chi connectivity index (χ2v) is 14.3. The van der Waals surface area contributed by atoms with Crippen LogP contribution in [0.4, 0.5) is 9.59 Å². The highest BCUT2D eigenvalue weighted by atomic mass is 16.5. The van der Waals surface area contributed by atoms with E-state index in [9.17, 15) is 19.2 Å². The smallest absolute Gasteiger partial charge is 0.407 e. The van der Waals surface area contributed by atoms with Gasteiger partial charge in [0.15, 0.2) is 0 Å². The minimum absolute atomic E-state index is 0.0989. The van der Waals surface area contributed by atoms with Crippen molar-refractivity contribution in [3.8, 4) is 23.1 Å². The number of carbonyl (C=O) groups excluding carboxylic acids is 4. The number of carbonyl (C=O) groups is 4. The summed E-state index contributed by atoms with van der Waals surface area (Å²) in [6.07, 6.45) is 5.17. The quantitative estimate of drug-likeness (QED) is 0.154. The Morgan fingerprint density at radius 1 is 0.839 bits per heavy atom. The molecule has 3 saturated heterocycles. The molecule has 5 heterocycles. The van der Waals surface area contributed by atoms with Gasteiger partial charge in [-0.25, -0.2) is 19.6 Å². The molecule has 56 heavy (non-hydrogen) atoms. The fraction of sp³-hybridized carbons (Fsp3) is 0.333. The van der Waals surface area contributed by atoms with Gasteiger partial charge in [0.2, 0.25) is 5.91 Å². The number of amides is 4. The Hall–Kier alpha value is -6.62. The molecule has 0 aliphatic carbocycles. The maximum Gasteiger partial charge on any atom is 0.407 e. The van der Waals surface area contributed by atoms with E-state index in [0.717, 1.165) is 71.3 Å². The molecule has 5 aromatic rings. The number of rotatable bonds is 7. The summed E-state index contributed by atoms with van der Waals surface area (Å²) in [4.78, 5) is 71.3. The number of piperidine rings is 1. The van der Waals surface area contributed by atoms with E-state index < -0.39 is 24.3 Å². The average molecular weight is 755 g/mol. The Morgan fingerprint density at radius 2 is 1.59 bits per heavy atom. The lowest BCUT2D eigenvalue weighted by Crippen LogP contribution is -2.54. The third-order valence-corrected chi connectivity index (χ3v) is 11.0. The Bertz CT molecular complexity index is 2330. The molecule has 286 valence electrons. The van der Waals surface area contributed by atoms with Crippen LogP contribution in [0.25, 0.3) is 22.3 Å². The molecule has 3 fully saturated rings. The van der Waals surface area contributed by atoms with Gasteiger partial charge in [-0.3, -0.25) is 9.59 Å². The number of hydrogen-bond acceptors (Lipinski definition) is 8. The molecule has 14 heteroatoms. The first-order valence-electron chi connectivity index (χ1n) is 18.8. The summed E-state index contributed by atoms with van der Waals surface area (Å²) in [6, 6.07) is 21.0. The largest absolute Gasteiger partial charge is 0.453 e. The van der Waals surface area contributed by atoms with E-state index in [1.54, 1.807) is 11.1 Å². The van der Waals surface area contributed by atoms with Gasteiger partial charge in [0, 0.05) is 23.7 Å². The van der Waals surface area contributed by atoms with Crippen molar-refractivity contribution in [1.29, 1.82) is 0 Å². The van der Waals surface area contributed by atoms with Crippen molar-refractivity contribution in [2.45, 2.75) is 68.7 Å². The number of hydrogen-bond donors (Lipinski definition) is 4. The molecule has 14 nitrogen and oxygen atoms in total. The van der Waals surface area contributed by atoms with Gasteiger partial charge < -0.3 is 39.9 Å². The SMILES string of the molecule is COC(=O)N[C@H]1CC[C@H]2CC[C@@H](c3ncc(-c4ccc(C#Cc5ccc6nc(C7CCCN7C(=O)[C@H](NC(=O)OC)c7ccccc7)[nH]c6c5)cc4)[nH]3)N2C1=O. The Labute approximate surface area is 323 Å². The highest BCUT2D eigenvalue weighted by Gasteiger charge is 2.45. The Balaban J connectivity index is 0.940. The normalized spacial score (nSPS) is 20.9. The second-order valence-electron chi connectivity index (χ2n) is 14.3. The van der Waals surface area contributed by atoms with Crippen molar-refractivity contribution >= 4 is 35.0 Å². The second kappa shape index (κ2) is 15.6. The van der Waals surface area contributed by atoms with Gasteiger partial charge in [0.25, 0.3) is 5.91 Å². The summed E-state index contributed by atoms with van der Waals surface area (Å²) in [7, 11) is 2.57. The maximum atomic E-state index is 13.9. The number of ether oxygens (including phenoxy) is 2. The summed E-state index contributed by atoms with van der Waals surface area (Å²) < 4.78 is 9.54. The highest BCUT2D eigenvalue weighted by molar-refractivity contribution is 5.88. The molecule has 2 aromatic heterocycles. The molecule has 8 rings (SSSR count). The fourth-order valence-corrected chi connectivity index (χ4v) is 8.15. The molecular formula is C42H42N8O6. The summed E-state index contributed by atoms with van der Waals surface area (Å²) in [5.41, 5.74) is 5.71. The van der Waals surface area contributed by atoms with Crippen LogP contribution in [0.5, 0.6) is 0 Å². The third kappa shape index (κ3) is 7.27. The maximum absolute atomic E-state index is 13.9. The predicted octanol–water partition coefficient (Wildman–Crippen LogP) is 5.66. The molecule has 5 atom stereocenters. The van der Waals surface area contributed by atoms with Crippen LogP contribution in [0.1, 0.15) is 85.0 Å². The zero-order valence-electron chi connectivity index (χ0n) is 31.1. The van der Waals surface area contributed by atoms with Gasteiger partial charge in [-0.1, -0.05) is 54.3 Å². The van der Waals surface area contributed by atoms with Crippen molar-refractivity contribution in [3.63, 3.8) is 0 Å². The van der Waals surface area contributed by atoms with Gasteiger partial charge >= 0.3 is 12.2 Å². The molecule has 3 aliphatic rings. The molecule has 0 spiro atoms. The first kappa shape index (κ1) is 36.4. The summed E-state index contributed by atoms with van der Waals surface area (Å²) in [5, 5.41) is 5.38. The summed E-state index contributed by atoms with van der Waals surface area (Å²) >= 11 is 0. The van der Waals surface area contributed by atoms with E-state index in [0.29, 0.717) is 24.4 Å². The highest BCUT2D eigenvalue weighted by Crippen LogP contribution is 2.40. The van der Waals surface area contributed by atoms with Crippen molar-refractivity contribution in [2.75, 3.05) is 20.8 Å². The van der Waals surface area contributed by atoms with Crippen LogP contribution in [-0.4, -0.2) is 86.6 Å². The number of aromatic amines is 2. The number of fused-ring (bicyclic) bond motifs is 2. The minimum atomic E-state index is -0.888. The topological polar surface area (TPSA) is 175 Å². The average Bonchev–Trinajstić information content (AvgIpc) is 4.06. The number of methoxy groups -OCH3 is 2. The van der Waals surface area contributed by atoms with Crippen LogP contribution in [-0.2, 0) is 19.1 Å². The van der Waals surface area contributed by atoms with Crippen molar-refractivity contribution in [2.24, 2.45) is 0 Å². The number of likely N-dealkylation sites (tertiary alicyclic amines) is 1. The molecule has 0 saturated carbocycles. The van der Waals surface area contributed by atoms with Crippen LogP contribution in [0.15, 0.2) is 79.0 Å². The zero-order chi connectivity index (χ0) is 38.8. The monoisotopic (exact) mass is 754 g/mol. The van der Waals surface area contributed by atoms with Crippen LogP contribution in [0.2, 0.25) is 0 Å². The van der Waals surface area contributed by atoms with Crippen molar-refractivity contribution in [3.05, 3.63) is 107 Å². The van der Waals surface area contributed by atoms with Gasteiger partial charge in [0.1, 0.15) is 23.7 Å². The summed E-state index contributed by atoms with van der Waals surface area (Å²) in [5.74, 6) is 7.61. The van der Waals surface area contributed by atoms with Crippen LogP contribution in [0.3, 0.4) is 0 Å². The minimum Gasteiger partial charge on any atom is -0.453 e. The number of nitrogens with zero attached hydrogens (tertiary/aromatic N) is 4. The van der Waals surface area contributed by atoms with Crippen molar-refractivity contribution < 1.29 is 28.7 Å². The molecule has 4 N–H and O–H groups in total. The number of imidazole rings is 2. The van der Waals surface area contributed by atoms with Crippen molar-refractivity contribution in [1.82, 2.24) is 40.4 Å². The van der Waals surface area contributed by atoms with E-state index in [1.165, 1.54) is 14.2 Å². The van der Waals surface area contributed by atoms with E-state index in [1.807, 2.05) is 77.7 Å². The van der Waals surface area contributed by atoms with Gasteiger partial charge in [0.05, 0.1) is 49.2 Å². The number of nitrogens with one attached hydrogen (secondary N) is 4. The molecule has 3 aliphatic heterocycles. The van der Waals surface area contributed by atoms with Gasteiger partial charge in [-0.15, -0.1) is 0 Å². The lowest BCUT2D eigenvalue weighted by atomic mass is 9.98. The Kier molecular flexibility index (Phi) is 10.1. The molecular weight excluding hydrogens is 713 g/mol. The van der Waals surface area contributed by atoms with Gasteiger partial charge in [-0.2, -0.15) is 0 Å². The lowest BCUT2D eigenvalue weighted by Gasteiger charge is -2.37. The summed E-state index contributed by atoms with van der Waals surface area (Å²) in [6.45, 7) is 0.544. The van der Waals surface area contributed by atoms with Crippen LogP contribution < -0.4 is 10.6 Å². The first-order chi connectivity index (χ1) is 27.3. The predicted molar refractivity (Wildman–Crippen MR) is 206 cm³/mol. The number of aromatic nitrogens is 4. The molecule has 3 aromatic carbocycles. The van der Waals surface area contributed by atoms with E-state index in [4.69, 9.17) is 14.5 Å². The molecule has 4 amide bonds.